The van der Waals surface area contributed by atoms with Crippen LogP contribution in [0.4, 0.5) is 0 Å². The zero-order valence-electron chi connectivity index (χ0n) is 18.8. The van der Waals surface area contributed by atoms with Crippen LogP contribution in [-0.2, 0) is 0 Å². The van der Waals surface area contributed by atoms with Crippen molar-refractivity contribution in [1.29, 1.82) is 0 Å². The number of halogens is 1. The smallest absolute Gasteiger partial charge is 0.193 e. The average Bonchev–Trinajstić information content (AvgIpc) is 3.25. The molecule has 0 amide bonds. The van der Waals surface area contributed by atoms with Gasteiger partial charge in [-0.05, 0) is 50.4 Å². The summed E-state index contributed by atoms with van der Waals surface area (Å²) in [6.07, 6.45) is 3.75. The van der Waals surface area contributed by atoms with Gasteiger partial charge in [0.05, 0.1) is 0 Å². The minimum Gasteiger partial charge on any atom is -0.356 e. The summed E-state index contributed by atoms with van der Waals surface area (Å²) in [5, 5.41) is 3.60. The molecule has 170 valence electrons. The predicted octanol–water partition coefficient (Wildman–Crippen LogP) is 3.71. The molecule has 0 aliphatic carbocycles. The molecule has 2 aliphatic rings. The van der Waals surface area contributed by atoms with Gasteiger partial charge >= 0.3 is 0 Å². The topological polar surface area (TPSA) is 34.1 Å². The van der Waals surface area contributed by atoms with Crippen molar-refractivity contribution in [3.05, 3.63) is 30.3 Å². The first-order valence-electron chi connectivity index (χ1n) is 11.4. The van der Waals surface area contributed by atoms with Gasteiger partial charge in [-0.15, -0.1) is 35.7 Å². The number of piperazine rings is 1. The van der Waals surface area contributed by atoms with E-state index in [4.69, 9.17) is 0 Å². The van der Waals surface area contributed by atoms with Gasteiger partial charge < -0.3 is 20.0 Å². The maximum atomic E-state index is 4.54. The second-order valence-electron chi connectivity index (χ2n) is 8.18. The molecule has 2 saturated heterocycles. The summed E-state index contributed by atoms with van der Waals surface area (Å²) >= 11 is 1.98. The molecule has 2 heterocycles. The highest BCUT2D eigenvalue weighted by Crippen LogP contribution is 2.25. The number of nitrogens with zero attached hydrogens (tertiary/aromatic N) is 4. The third kappa shape index (κ3) is 8.55. The van der Waals surface area contributed by atoms with Crippen LogP contribution >= 0.6 is 35.7 Å². The Morgan fingerprint density at radius 2 is 1.80 bits per heavy atom. The number of aliphatic imine (C=N–C) groups is 1. The Bertz CT molecular complexity index is 607. The number of nitrogens with one attached hydrogen (secondary N) is 1. The summed E-state index contributed by atoms with van der Waals surface area (Å²) in [4.78, 5) is 13.5. The van der Waals surface area contributed by atoms with Gasteiger partial charge in [-0.1, -0.05) is 25.1 Å². The fraction of sp³-hybridized carbons (Fsp3) is 0.696. The third-order valence-corrected chi connectivity index (χ3v) is 7.37. The van der Waals surface area contributed by atoms with Crippen LogP contribution in [0.15, 0.2) is 40.2 Å². The van der Waals surface area contributed by atoms with E-state index in [1.54, 1.807) is 0 Å². The second kappa shape index (κ2) is 14.5. The number of benzene rings is 1. The van der Waals surface area contributed by atoms with E-state index in [9.17, 15) is 0 Å². The predicted molar refractivity (Wildman–Crippen MR) is 141 cm³/mol. The standard InChI is InChI=1S/C23H39N5S.HI/c1-3-26-15-17-27(18-16-26)13-8-7-12-25-23(24-2)28-14-11-21(19-28)20-29-22-9-5-4-6-10-22;/h4-6,9-10,21H,3,7-8,11-20H2,1-2H3,(H,24,25);1H. The van der Waals surface area contributed by atoms with Crippen molar-refractivity contribution in [2.75, 3.05) is 71.7 Å². The van der Waals surface area contributed by atoms with Crippen LogP contribution in [0.25, 0.3) is 0 Å². The molecule has 1 aromatic carbocycles. The van der Waals surface area contributed by atoms with Crippen molar-refractivity contribution in [3.8, 4) is 0 Å². The molecule has 2 aliphatic heterocycles. The third-order valence-electron chi connectivity index (χ3n) is 6.12. The SMILES string of the molecule is CCN1CCN(CCCCNC(=NC)N2CCC(CSc3ccccc3)C2)CC1.I. The first kappa shape index (κ1) is 25.7. The number of unbranched alkanes of at least 4 members (excludes halogenated alkanes) is 1. The lowest BCUT2D eigenvalue weighted by Crippen LogP contribution is -2.46. The average molecular weight is 546 g/mol. The van der Waals surface area contributed by atoms with Gasteiger partial charge in [-0.3, -0.25) is 4.99 Å². The van der Waals surface area contributed by atoms with Gasteiger partial charge in [0.15, 0.2) is 5.96 Å². The Balaban J connectivity index is 0.00000320. The van der Waals surface area contributed by atoms with E-state index < -0.39 is 0 Å². The second-order valence-corrected chi connectivity index (χ2v) is 9.28. The fourth-order valence-electron chi connectivity index (χ4n) is 4.21. The summed E-state index contributed by atoms with van der Waals surface area (Å²) in [6, 6.07) is 10.8. The summed E-state index contributed by atoms with van der Waals surface area (Å²) in [6.45, 7) is 12.9. The van der Waals surface area contributed by atoms with E-state index in [2.05, 4.69) is 62.3 Å². The molecule has 0 spiro atoms. The molecule has 1 N–H and O–H groups in total. The molecule has 1 atom stereocenters. The molecule has 0 saturated carbocycles. The summed E-state index contributed by atoms with van der Waals surface area (Å²) in [5.74, 6) is 3.04. The molecule has 0 radical (unpaired) electrons. The van der Waals surface area contributed by atoms with Crippen LogP contribution in [0, 0.1) is 5.92 Å². The number of rotatable bonds is 9. The molecule has 0 aromatic heterocycles. The van der Waals surface area contributed by atoms with Gasteiger partial charge in [0, 0.05) is 63.5 Å². The van der Waals surface area contributed by atoms with Crippen molar-refractivity contribution in [2.45, 2.75) is 31.1 Å². The van der Waals surface area contributed by atoms with Gasteiger partial charge in [0.1, 0.15) is 0 Å². The minimum absolute atomic E-state index is 0. The van der Waals surface area contributed by atoms with E-state index in [1.165, 1.54) is 69.2 Å². The first-order chi connectivity index (χ1) is 14.3. The van der Waals surface area contributed by atoms with Crippen LogP contribution in [0.1, 0.15) is 26.2 Å². The lowest BCUT2D eigenvalue weighted by molar-refractivity contribution is 0.136. The van der Waals surface area contributed by atoms with Crippen molar-refractivity contribution in [2.24, 2.45) is 10.9 Å². The number of hydrogen-bond acceptors (Lipinski definition) is 4. The molecule has 1 aromatic rings. The van der Waals surface area contributed by atoms with Gasteiger partial charge in [0.2, 0.25) is 0 Å². The van der Waals surface area contributed by atoms with E-state index in [0.717, 1.165) is 31.5 Å². The molecule has 1 unspecified atom stereocenters. The minimum atomic E-state index is 0. The maximum Gasteiger partial charge on any atom is 0.193 e. The summed E-state index contributed by atoms with van der Waals surface area (Å²) in [7, 11) is 1.92. The lowest BCUT2D eigenvalue weighted by Gasteiger charge is -2.34. The summed E-state index contributed by atoms with van der Waals surface area (Å²) < 4.78 is 0. The van der Waals surface area contributed by atoms with Crippen molar-refractivity contribution in [3.63, 3.8) is 0 Å². The molecule has 3 rings (SSSR count). The van der Waals surface area contributed by atoms with E-state index in [0.29, 0.717) is 0 Å². The normalized spacial score (nSPS) is 20.9. The Morgan fingerprint density at radius 1 is 1.07 bits per heavy atom. The fourth-order valence-corrected chi connectivity index (χ4v) is 5.26. The van der Waals surface area contributed by atoms with Crippen LogP contribution in [0.3, 0.4) is 0 Å². The summed E-state index contributed by atoms with van der Waals surface area (Å²) in [5.41, 5.74) is 0. The number of likely N-dealkylation sites (tertiary alicyclic amines) is 1. The molecule has 7 heteroatoms. The highest BCUT2D eigenvalue weighted by Gasteiger charge is 2.24. The van der Waals surface area contributed by atoms with Gasteiger partial charge in [0.25, 0.3) is 0 Å². The van der Waals surface area contributed by atoms with Crippen molar-refractivity contribution in [1.82, 2.24) is 20.0 Å². The molecule has 2 fully saturated rings. The number of guanidine groups is 1. The number of thioether (sulfide) groups is 1. The van der Waals surface area contributed by atoms with Crippen molar-refractivity contribution < 1.29 is 0 Å². The quantitative estimate of drug-likeness (QED) is 0.168. The van der Waals surface area contributed by atoms with Crippen molar-refractivity contribution >= 4 is 41.7 Å². The van der Waals surface area contributed by atoms with Crippen LogP contribution < -0.4 is 5.32 Å². The van der Waals surface area contributed by atoms with E-state index in [-0.39, 0.29) is 24.0 Å². The van der Waals surface area contributed by atoms with E-state index in [1.807, 2.05) is 18.8 Å². The Hall–Kier alpha value is -0.510. The largest absolute Gasteiger partial charge is 0.356 e. The zero-order chi connectivity index (χ0) is 20.3. The Morgan fingerprint density at radius 3 is 2.50 bits per heavy atom. The van der Waals surface area contributed by atoms with Gasteiger partial charge in [-0.2, -0.15) is 0 Å². The molecule has 0 bridgehead atoms. The number of likely N-dealkylation sites (N-methyl/N-ethyl adjacent to an activating group) is 1. The lowest BCUT2D eigenvalue weighted by atomic mass is 10.2. The number of hydrogen-bond donors (Lipinski definition) is 1. The molecule has 30 heavy (non-hydrogen) atoms. The first-order valence-corrected chi connectivity index (χ1v) is 12.3. The Kier molecular flexibility index (Phi) is 12.5. The van der Waals surface area contributed by atoms with Gasteiger partial charge in [-0.25, -0.2) is 0 Å². The molecule has 5 nitrogen and oxygen atoms in total. The monoisotopic (exact) mass is 545 g/mol. The van der Waals surface area contributed by atoms with E-state index >= 15 is 0 Å². The maximum absolute atomic E-state index is 4.54. The highest BCUT2D eigenvalue weighted by atomic mass is 127. The molecular weight excluding hydrogens is 505 g/mol. The van der Waals surface area contributed by atoms with Crippen LogP contribution in [0.5, 0.6) is 0 Å². The van der Waals surface area contributed by atoms with Crippen LogP contribution in [-0.4, -0.2) is 92.4 Å². The highest BCUT2D eigenvalue weighted by molar-refractivity contribution is 14.0. The zero-order valence-corrected chi connectivity index (χ0v) is 21.9. The molecular formula is C23H40IN5S. The van der Waals surface area contributed by atoms with Crippen LogP contribution in [0.2, 0.25) is 0 Å². The Labute approximate surface area is 205 Å².